The van der Waals surface area contributed by atoms with E-state index in [-0.39, 0.29) is 24.1 Å². The zero-order valence-corrected chi connectivity index (χ0v) is 17.3. The van der Waals surface area contributed by atoms with Gasteiger partial charge in [0.1, 0.15) is 17.8 Å². The van der Waals surface area contributed by atoms with Crippen molar-refractivity contribution in [2.24, 2.45) is 0 Å². The molecule has 3 aromatic rings. The van der Waals surface area contributed by atoms with Crippen LogP contribution in [0.5, 0.6) is 0 Å². The van der Waals surface area contributed by atoms with E-state index in [9.17, 15) is 17.2 Å². The van der Waals surface area contributed by atoms with Crippen molar-refractivity contribution in [2.75, 3.05) is 43.1 Å². The van der Waals surface area contributed by atoms with Gasteiger partial charge in [-0.15, -0.1) is 5.10 Å². The molecule has 0 aromatic carbocycles. The zero-order chi connectivity index (χ0) is 22.2. The molecule has 0 saturated carbocycles. The third-order valence-electron chi connectivity index (χ3n) is 4.70. The monoisotopic (exact) mass is 454 g/mol. The molecule has 0 bridgehead atoms. The summed E-state index contributed by atoms with van der Waals surface area (Å²) in [4.78, 5) is 14.4. The summed E-state index contributed by atoms with van der Waals surface area (Å²) in [6.45, 7) is 1.45. The number of nitrogens with zero attached hydrogens (tertiary/aromatic N) is 6. The molecule has 1 fully saturated rings. The number of nitrogens with two attached hydrogens (primary N) is 1. The number of halogens is 2. The lowest BCUT2D eigenvalue weighted by molar-refractivity contribution is 0.0440. The number of anilines is 2. The molecule has 0 radical (unpaired) electrons. The van der Waals surface area contributed by atoms with Crippen molar-refractivity contribution < 1.29 is 21.9 Å². The van der Waals surface area contributed by atoms with Crippen LogP contribution in [0.25, 0.3) is 16.9 Å². The van der Waals surface area contributed by atoms with Crippen LogP contribution in [0.1, 0.15) is 12.1 Å². The number of nitrogen functional groups attached to an aromatic ring is 1. The summed E-state index contributed by atoms with van der Waals surface area (Å²) in [6, 6.07) is 2.84. The lowest BCUT2D eigenvalue weighted by atomic mass is 10.2. The highest BCUT2D eigenvalue weighted by Crippen LogP contribution is 2.30. The molecule has 4 heterocycles. The Bertz CT molecular complexity index is 1200. The van der Waals surface area contributed by atoms with E-state index >= 15 is 0 Å². The highest BCUT2D eigenvalue weighted by atomic mass is 32.2. The number of nitrogens with one attached hydrogen (secondary N) is 1. The fourth-order valence-electron chi connectivity index (χ4n) is 3.28. The molecule has 166 valence electrons. The molecule has 1 aliphatic heterocycles. The van der Waals surface area contributed by atoms with Gasteiger partial charge in [-0.05, 0) is 6.07 Å². The first-order valence-corrected chi connectivity index (χ1v) is 11.2. The minimum absolute atomic E-state index is 0.0979. The number of aromatic nitrogens is 5. The molecule has 11 nitrogen and oxygen atoms in total. The predicted molar refractivity (Wildman–Crippen MR) is 108 cm³/mol. The van der Waals surface area contributed by atoms with Crippen molar-refractivity contribution in [3.05, 3.63) is 30.4 Å². The van der Waals surface area contributed by atoms with E-state index in [0.717, 1.165) is 6.26 Å². The second-order valence-electron chi connectivity index (χ2n) is 7.00. The minimum atomic E-state index is -3.33. The maximum atomic E-state index is 13.1. The molecule has 1 atom stereocenters. The van der Waals surface area contributed by atoms with E-state index in [1.165, 1.54) is 23.1 Å². The number of rotatable bonds is 6. The molecule has 1 aliphatic rings. The third kappa shape index (κ3) is 4.70. The van der Waals surface area contributed by atoms with E-state index in [4.69, 9.17) is 10.5 Å². The normalized spacial score (nSPS) is 17.5. The van der Waals surface area contributed by atoms with Gasteiger partial charge in [-0.2, -0.15) is 0 Å². The summed E-state index contributed by atoms with van der Waals surface area (Å²) in [5.41, 5.74) is 6.51. The Hall–Kier alpha value is -2.97. The predicted octanol–water partition coefficient (Wildman–Crippen LogP) is 0.461. The molecule has 4 rings (SSSR count). The van der Waals surface area contributed by atoms with Gasteiger partial charge in [-0.3, -0.25) is 0 Å². The Morgan fingerprint density at radius 3 is 2.94 bits per heavy atom. The van der Waals surface area contributed by atoms with Gasteiger partial charge in [0.15, 0.2) is 11.5 Å². The van der Waals surface area contributed by atoms with Crippen molar-refractivity contribution in [2.45, 2.75) is 12.5 Å². The lowest BCUT2D eigenvalue weighted by Crippen LogP contribution is -2.47. The van der Waals surface area contributed by atoms with E-state index in [2.05, 4.69) is 24.8 Å². The quantitative estimate of drug-likeness (QED) is 0.543. The molecule has 31 heavy (non-hydrogen) atoms. The van der Waals surface area contributed by atoms with Gasteiger partial charge >= 0.3 is 0 Å². The highest BCUT2D eigenvalue weighted by Gasteiger charge is 2.24. The Morgan fingerprint density at radius 1 is 1.39 bits per heavy atom. The van der Waals surface area contributed by atoms with E-state index in [1.54, 1.807) is 6.07 Å². The Balaban J connectivity index is 1.63. The van der Waals surface area contributed by atoms with Gasteiger partial charge < -0.3 is 15.4 Å². The van der Waals surface area contributed by atoms with Crippen LogP contribution in [0.4, 0.5) is 20.4 Å². The SMILES string of the molecule is CS(=O)(=O)NC[C@@H]1CN(c2cc(-c3c(N)nn4ccc(C(F)F)nc34)ncn2)CCO1. The Morgan fingerprint density at radius 2 is 2.19 bits per heavy atom. The minimum Gasteiger partial charge on any atom is -0.382 e. The fourth-order valence-corrected chi connectivity index (χ4v) is 3.77. The average Bonchev–Trinajstić information content (AvgIpc) is 3.07. The maximum absolute atomic E-state index is 13.1. The van der Waals surface area contributed by atoms with Crippen LogP contribution in [0.2, 0.25) is 0 Å². The van der Waals surface area contributed by atoms with Gasteiger partial charge in [-0.1, -0.05) is 0 Å². The van der Waals surface area contributed by atoms with Gasteiger partial charge in [0.2, 0.25) is 10.0 Å². The van der Waals surface area contributed by atoms with Crippen molar-refractivity contribution in [1.82, 2.24) is 29.3 Å². The molecule has 14 heteroatoms. The van der Waals surface area contributed by atoms with Crippen LogP contribution in [-0.4, -0.2) is 71.6 Å². The summed E-state index contributed by atoms with van der Waals surface area (Å²) in [5, 5.41) is 4.12. The van der Waals surface area contributed by atoms with Crippen molar-refractivity contribution in [3.63, 3.8) is 0 Å². The second-order valence-corrected chi connectivity index (χ2v) is 8.84. The van der Waals surface area contributed by atoms with Gasteiger partial charge in [-0.25, -0.2) is 41.4 Å². The highest BCUT2D eigenvalue weighted by molar-refractivity contribution is 7.88. The van der Waals surface area contributed by atoms with Crippen molar-refractivity contribution >= 4 is 27.3 Å². The summed E-state index contributed by atoms with van der Waals surface area (Å²) in [5.74, 6) is 0.655. The third-order valence-corrected chi connectivity index (χ3v) is 5.39. The van der Waals surface area contributed by atoms with Crippen LogP contribution in [-0.2, 0) is 14.8 Å². The molecule has 0 aliphatic carbocycles. The summed E-state index contributed by atoms with van der Waals surface area (Å²) >= 11 is 0. The lowest BCUT2D eigenvalue weighted by Gasteiger charge is -2.33. The van der Waals surface area contributed by atoms with Crippen LogP contribution >= 0.6 is 0 Å². The summed E-state index contributed by atoms with van der Waals surface area (Å²) in [7, 11) is -3.33. The Kier molecular flexibility index (Phi) is 5.68. The number of hydrogen-bond donors (Lipinski definition) is 2. The molecule has 3 N–H and O–H groups in total. The Labute approximate surface area is 176 Å². The summed E-state index contributed by atoms with van der Waals surface area (Å²) < 4.78 is 58.2. The van der Waals surface area contributed by atoms with Gasteiger partial charge in [0.05, 0.1) is 30.2 Å². The van der Waals surface area contributed by atoms with Gasteiger partial charge in [0.25, 0.3) is 6.43 Å². The van der Waals surface area contributed by atoms with Crippen LogP contribution in [0, 0.1) is 0 Å². The van der Waals surface area contributed by atoms with E-state index < -0.39 is 22.1 Å². The number of fused-ring (bicyclic) bond motifs is 1. The standard InChI is InChI=1S/C17H20F2N8O3S/c1-31(28,29)23-7-10-8-26(4-5-30-10)13-6-12(21-9-22-13)14-16(20)25-27-3-2-11(15(18)19)24-17(14)27/h2-3,6,9-10,15,23H,4-5,7-8H2,1H3,(H2,20,25)/t10-/m1/s1. The van der Waals surface area contributed by atoms with Gasteiger partial charge in [0, 0.05) is 31.9 Å². The van der Waals surface area contributed by atoms with Crippen LogP contribution < -0.4 is 15.4 Å². The molecule has 3 aromatic heterocycles. The molecular weight excluding hydrogens is 434 g/mol. The zero-order valence-electron chi connectivity index (χ0n) is 16.4. The number of hydrogen-bond acceptors (Lipinski definition) is 9. The fraction of sp³-hybridized carbons (Fsp3) is 0.412. The van der Waals surface area contributed by atoms with Crippen molar-refractivity contribution in [3.8, 4) is 11.3 Å². The molecule has 0 spiro atoms. The average molecular weight is 454 g/mol. The smallest absolute Gasteiger partial charge is 0.280 e. The van der Waals surface area contributed by atoms with Crippen LogP contribution in [0.3, 0.4) is 0 Å². The van der Waals surface area contributed by atoms with Crippen molar-refractivity contribution in [1.29, 1.82) is 0 Å². The molecule has 0 unspecified atom stereocenters. The first-order valence-electron chi connectivity index (χ1n) is 9.28. The topological polar surface area (TPSA) is 141 Å². The number of sulfonamides is 1. The number of morpholine rings is 1. The van der Waals surface area contributed by atoms with E-state index in [0.29, 0.717) is 36.8 Å². The maximum Gasteiger partial charge on any atom is 0.280 e. The van der Waals surface area contributed by atoms with E-state index in [1.807, 2.05) is 4.90 Å². The second kappa shape index (κ2) is 8.28. The summed E-state index contributed by atoms with van der Waals surface area (Å²) in [6.07, 6.45) is 0.690. The first kappa shape index (κ1) is 21.3. The first-order chi connectivity index (χ1) is 14.7. The largest absolute Gasteiger partial charge is 0.382 e. The molecule has 0 amide bonds. The number of ether oxygens (including phenoxy) is 1. The molecular formula is C17H20F2N8O3S. The number of alkyl halides is 2. The van der Waals surface area contributed by atoms with Crippen LogP contribution in [0.15, 0.2) is 24.7 Å². The molecule has 1 saturated heterocycles.